The first-order valence-electron chi connectivity index (χ1n) is 9.90. The predicted octanol–water partition coefficient (Wildman–Crippen LogP) is 3.18. The number of carbonyl (C=O) groups excluding carboxylic acids is 1. The van der Waals surface area contributed by atoms with Crippen molar-refractivity contribution in [3.05, 3.63) is 54.1 Å². The molecule has 3 rings (SSSR count). The summed E-state index contributed by atoms with van der Waals surface area (Å²) >= 11 is 0. The number of nitrogens with zero attached hydrogens (tertiary/aromatic N) is 2. The molecule has 8 heteroatoms. The van der Waals surface area contributed by atoms with Gasteiger partial charge >= 0.3 is 0 Å². The van der Waals surface area contributed by atoms with Crippen molar-refractivity contribution in [2.45, 2.75) is 19.9 Å². The van der Waals surface area contributed by atoms with Gasteiger partial charge in [-0.2, -0.15) is 0 Å². The summed E-state index contributed by atoms with van der Waals surface area (Å²) in [5.74, 6) is 2.33. The van der Waals surface area contributed by atoms with E-state index >= 15 is 0 Å². The monoisotopic (exact) mass is 524 g/mol. The predicted molar refractivity (Wildman–Crippen MR) is 130 cm³/mol. The van der Waals surface area contributed by atoms with E-state index < -0.39 is 0 Å². The molecule has 1 aliphatic rings. The molecular formula is C22H29IN4O3. The van der Waals surface area contributed by atoms with Crippen molar-refractivity contribution in [3.8, 4) is 11.5 Å². The first kappa shape index (κ1) is 23.8. The van der Waals surface area contributed by atoms with Crippen LogP contribution in [0, 0.1) is 0 Å². The van der Waals surface area contributed by atoms with Crippen LogP contribution in [-0.2, 0) is 11.3 Å². The number of carbonyl (C=O) groups is 1. The number of guanidine groups is 1. The summed E-state index contributed by atoms with van der Waals surface area (Å²) in [6.07, 6.45) is 0.788. The topological polar surface area (TPSA) is 75.2 Å². The molecule has 1 aliphatic heterocycles. The number of hydrogen-bond donors (Lipinski definition) is 2. The van der Waals surface area contributed by atoms with Gasteiger partial charge in [-0.05, 0) is 31.5 Å². The molecule has 2 N–H and O–H groups in total. The Hall–Kier alpha value is -2.49. The third-order valence-electron chi connectivity index (χ3n) is 4.60. The summed E-state index contributed by atoms with van der Waals surface area (Å²) in [6, 6.07) is 15.6. The molecule has 2 aromatic carbocycles. The first-order valence-corrected chi connectivity index (χ1v) is 9.90. The maximum absolute atomic E-state index is 12.2. The fraction of sp³-hybridized carbons (Fsp3) is 0.364. The Balaban J connectivity index is 0.00000320. The quantitative estimate of drug-likeness (QED) is 0.240. The summed E-state index contributed by atoms with van der Waals surface area (Å²) in [4.78, 5) is 18.3. The third kappa shape index (κ3) is 6.25. The van der Waals surface area contributed by atoms with Crippen LogP contribution in [0.3, 0.4) is 0 Å². The Morgan fingerprint density at radius 3 is 2.73 bits per heavy atom. The van der Waals surface area contributed by atoms with Gasteiger partial charge in [-0.15, -0.1) is 24.0 Å². The lowest BCUT2D eigenvalue weighted by atomic mass is 10.2. The molecule has 162 valence electrons. The number of benzene rings is 2. The Kier molecular flexibility index (Phi) is 9.72. The Bertz CT molecular complexity index is 860. The molecule has 0 spiro atoms. The lowest BCUT2D eigenvalue weighted by Gasteiger charge is -2.29. The summed E-state index contributed by atoms with van der Waals surface area (Å²) in [7, 11) is 1.74. The zero-order valence-electron chi connectivity index (χ0n) is 17.4. The van der Waals surface area contributed by atoms with E-state index in [4.69, 9.17) is 9.47 Å². The lowest BCUT2D eigenvalue weighted by Crippen LogP contribution is -2.42. The molecule has 0 aromatic heterocycles. The SMILES string of the molecule is CCOc1ccccc1CNC(=NC)NCCCN1C(=O)COc2ccccc21.I. The highest BCUT2D eigenvalue weighted by Gasteiger charge is 2.24. The minimum atomic E-state index is -0.0151. The van der Waals surface area contributed by atoms with Crippen molar-refractivity contribution < 1.29 is 14.3 Å². The molecule has 0 unspecified atom stereocenters. The highest BCUT2D eigenvalue weighted by molar-refractivity contribution is 14.0. The van der Waals surface area contributed by atoms with Crippen LogP contribution in [0.2, 0.25) is 0 Å². The largest absolute Gasteiger partial charge is 0.494 e. The smallest absolute Gasteiger partial charge is 0.265 e. The molecule has 0 saturated carbocycles. The van der Waals surface area contributed by atoms with Gasteiger partial charge in [0.2, 0.25) is 0 Å². The molecule has 0 saturated heterocycles. The number of ether oxygens (including phenoxy) is 2. The maximum atomic E-state index is 12.2. The average molecular weight is 524 g/mol. The molecular weight excluding hydrogens is 495 g/mol. The summed E-state index contributed by atoms with van der Waals surface area (Å²) in [5.41, 5.74) is 1.91. The van der Waals surface area contributed by atoms with Gasteiger partial charge in [-0.1, -0.05) is 30.3 Å². The van der Waals surface area contributed by atoms with E-state index in [1.807, 2.05) is 55.5 Å². The fourth-order valence-electron chi connectivity index (χ4n) is 3.19. The van der Waals surface area contributed by atoms with Gasteiger partial charge in [0.1, 0.15) is 11.5 Å². The number of rotatable bonds is 8. The van der Waals surface area contributed by atoms with E-state index in [0.29, 0.717) is 32.2 Å². The molecule has 1 amide bonds. The Labute approximate surface area is 194 Å². The molecule has 1 heterocycles. The number of para-hydroxylation sites is 3. The van der Waals surface area contributed by atoms with Crippen LogP contribution in [0.5, 0.6) is 11.5 Å². The van der Waals surface area contributed by atoms with Crippen LogP contribution < -0.4 is 25.0 Å². The number of hydrogen-bond acceptors (Lipinski definition) is 4. The highest BCUT2D eigenvalue weighted by atomic mass is 127. The second-order valence-electron chi connectivity index (χ2n) is 6.55. The van der Waals surface area contributed by atoms with E-state index in [-0.39, 0.29) is 36.5 Å². The highest BCUT2D eigenvalue weighted by Crippen LogP contribution is 2.31. The van der Waals surface area contributed by atoms with Crippen molar-refractivity contribution in [2.24, 2.45) is 4.99 Å². The molecule has 0 bridgehead atoms. The lowest BCUT2D eigenvalue weighted by molar-refractivity contribution is -0.121. The Morgan fingerprint density at radius 2 is 1.93 bits per heavy atom. The van der Waals surface area contributed by atoms with Crippen molar-refractivity contribution >= 4 is 41.5 Å². The molecule has 0 aliphatic carbocycles. The van der Waals surface area contributed by atoms with Crippen LogP contribution in [-0.4, -0.2) is 45.2 Å². The first-order chi connectivity index (χ1) is 14.2. The zero-order chi connectivity index (χ0) is 20.5. The standard InChI is InChI=1S/C22H28N4O3.HI/c1-3-28-19-11-6-4-9-17(19)15-25-22(23-2)24-13-8-14-26-18-10-5-7-12-20(18)29-16-21(26)27;/h4-7,9-12H,3,8,13-16H2,1-2H3,(H2,23,24,25);1H. The fourth-order valence-corrected chi connectivity index (χ4v) is 3.19. The van der Waals surface area contributed by atoms with Crippen LogP contribution >= 0.6 is 24.0 Å². The average Bonchev–Trinajstić information content (AvgIpc) is 2.75. The van der Waals surface area contributed by atoms with Crippen molar-refractivity contribution in [1.82, 2.24) is 10.6 Å². The number of halogens is 1. The number of amides is 1. The molecule has 7 nitrogen and oxygen atoms in total. The van der Waals surface area contributed by atoms with Gasteiger partial charge in [0.25, 0.3) is 5.91 Å². The number of anilines is 1. The molecule has 0 fully saturated rings. The van der Waals surface area contributed by atoms with Crippen LogP contribution in [0.4, 0.5) is 5.69 Å². The number of fused-ring (bicyclic) bond motifs is 1. The summed E-state index contributed by atoms with van der Waals surface area (Å²) < 4.78 is 11.1. The van der Waals surface area contributed by atoms with Crippen molar-refractivity contribution in [1.29, 1.82) is 0 Å². The number of nitrogens with one attached hydrogen (secondary N) is 2. The van der Waals surface area contributed by atoms with Gasteiger partial charge in [-0.25, -0.2) is 0 Å². The second kappa shape index (κ2) is 12.3. The normalized spacial score (nSPS) is 13.1. The molecule has 2 aromatic rings. The van der Waals surface area contributed by atoms with Crippen molar-refractivity contribution in [2.75, 3.05) is 38.3 Å². The van der Waals surface area contributed by atoms with E-state index in [9.17, 15) is 4.79 Å². The summed E-state index contributed by atoms with van der Waals surface area (Å²) in [6.45, 7) is 4.63. The van der Waals surface area contributed by atoms with E-state index in [1.54, 1.807) is 11.9 Å². The van der Waals surface area contributed by atoms with Crippen molar-refractivity contribution in [3.63, 3.8) is 0 Å². The van der Waals surface area contributed by atoms with E-state index in [0.717, 1.165) is 29.2 Å². The third-order valence-corrected chi connectivity index (χ3v) is 4.60. The van der Waals surface area contributed by atoms with Crippen LogP contribution in [0.15, 0.2) is 53.5 Å². The van der Waals surface area contributed by atoms with Gasteiger partial charge in [0.15, 0.2) is 12.6 Å². The second-order valence-corrected chi connectivity index (χ2v) is 6.55. The minimum Gasteiger partial charge on any atom is -0.494 e. The van der Waals surface area contributed by atoms with E-state index in [1.165, 1.54) is 0 Å². The van der Waals surface area contributed by atoms with Gasteiger partial charge in [0, 0.05) is 32.2 Å². The molecule has 0 atom stereocenters. The summed E-state index contributed by atoms with van der Waals surface area (Å²) in [5, 5.41) is 6.60. The molecule has 0 radical (unpaired) electrons. The number of aliphatic imine (C=N–C) groups is 1. The Morgan fingerprint density at radius 1 is 1.17 bits per heavy atom. The minimum absolute atomic E-state index is 0. The van der Waals surface area contributed by atoms with Crippen LogP contribution in [0.25, 0.3) is 0 Å². The molecule has 30 heavy (non-hydrogen) atoms. The van der Waals surface area contributed by atoms with Gasteiger partial charge in [-0.3, -0.25) is 9.79 Å². The van der Waals surface area contributed by atoms with Gasteiger partial charge in [0.05, 0.1) is 12.3 Å². The van der Waals surface area contributed by atoms with E-state index in [2.05, 4.69) is 15.6 Å². The maximum Gasteiger partial charge on any atom is 0.265 e. The van der Waals surface area contributed by atoms with Gasteiger partial charge < -0.3 is 25.0 Å². The zero-order valence-corrected chi connectivity index (χ0v) is 19.7. The van der Waals surface area contributed by atoms with Crippen LogP contribution in [0.1, 0.15) is 18.9 Å².